The molecule has 0 radical (unpaired) electrons. The number of rotatable bonds is 4. The Hall–Kier alpha value is -0.120. The lowest BCUT2D eigenvalue weighted by Crippen LogP contribution is -2.38. The first-order chi connectivity index (χ1) is 6.74. The molecule has 0 aromatic rings. The number of β-amino-alcohol motifs (C(OH)–C–C–N with tert-alkyl or cyclic N) is 1. The molecule has 0 aromatic heterocycles. The van der Waals surface area contributed by atoms with Gasteiger partial charge in [0.15, 0.2) is 0 Å². The lowest BCUT2D eigenvalue weighted by Gasteiger charge is -2.30. The minimum Gasteiger partial charge on any atom is -0.395 e. The second-order valence-corrected chi connectivity index (χ2v) is 4.35. The van der Waals surface area contributed by atoms with Crippen molar-refractivity contribution in [1.82, 2.24) is 4.90 Å². The van der Waals surface area contributed by atoms with Gasteiger partial charge < -0.3 is 10.2 Å². The van der Waals surface area contributed by atoms with Crippen molar-refractivity contribution in [3.05, 3.63) is 0 Å². The molecule has 1 heterocycles. The highest BCUT2D eigenvalue weighted by Gasteiger charge is 2.21. The Labute approximate surface area is 86.7 Å². The summed E-state index contributed by atoms with van der Waals surface area (Å²) in [5.41, 5.74) is 0. The number of nitrogens with zero attached hydrogens (tertiary/aromatic N) is 1. The minimum atomic E-state index is -0.223. The molecule has 0 spiro atoms. The van der Waals surface area contributed by atoms with Crippen LogP contribution in [-0.2, 0) is 0 Å². The normalized spacial score (nSPS) is 27.2. The zero-order valence-electron chi connectivity index (χ0n) is 9.15. The maximum atomic E-state index is 9.39. The van der Waals surface area contributed by atoms with E-state index in [4.69, 9.17) is 5.11 Å². The van der Waals surface area contributed by atoms with Gasteiger partial charge in [0.25, 0.3) is 0 Å². The molecule has 2 atom stereocenters. The lowest BCUT2D eigenvalue weighted by molar-refractivity contribution is 0.0978. The van der Waals surface area contributed by atoms with Crippen LogP contribution < -0.4 is 0 Å². The summed E-state index contributed by atoms with van der Waals surface area (Å²) in [6, 6.07) is 0.477. The molecule has 1 aliphatic heterocycles. The van der Waals surface area contributed by atoms with E-state index in [-0.39, 0.29) is 12.7 Å². The molecule has 3 heteroatoms. The maximum Gasteiger partial charge on any atom is 0.0558 e. The van der Waals surface area contributed by atoms with Crippen molar-refractivity contribution in [2.24, 2.45) is 0 Å². The molecule has 2 unspecified atom stereocenters. The second kappa shape index (κ2) is 6.38. The Kier molecular flexibility index (Phi) is 5.45. The fourth-order valence-electron chi connectivity index (χ4n) is 2.32. The summed E-state index contributed by atoms with van der Waals surface area (Å²) in [4.78, 5) is 2.33. The van der Waals surface area contributed by atoms with Crippen LogP contribution in [0.15, 0.2) is 0 Å². The van der Waals surface area contributed by atoms with Gasteiger partial charge >= 0.3 is 0 Å². The van der Waals surface area contributed by atoms with Gasteiger partial charge in [-0.2, -0.15) is 0 Å². The van der Waals surface area contributed by atoms with Crippen molar-refractivity contribution >= 4 is 0 Å². The summed E-state index contributed by atoms with van der Waals surface area (Å²) in [7, 11) is 0. The summed E-state index contributed by atoms with van der Waals surface area (Å²) in [6.07, 6.45) is 5.58. The number of hydrogen-bond donors (Lipinski definition) is 2. The monoisotopic (exact) mass is 201 g/mol. The van der Waals surface area contributed by atoms with Crippen LogP contribution in [0.1, 0.15) is 39.0 Å². The van der Waals surface area contributed by atoms with Crippen molar-refractivity contribution in [3.8, 4) is 0 Å². The van der Waals surface area contributed by atoms with E-state index in [0.717, 1.165) is 19.5 Å². The predicted molar refractivity (Wildman–Crippen MR) is 57.2 cm³/mol. The van der Waals surface area contributed by atoms with Crippen molar-refractivity contribution in [3.63, 3.8) is 0 Å². The number of aliphatic hydroxyl groups is 2. The minimum absolute atomic E-state index is 0.223. The molecular weight excluding hydrogens is 178 g/mol. The first-order valence-corrected chi connectivity index (χ1v) is 5.77. The Morgan fingerprint density at radius 2 is 2.14 bits per heavy atom. The highest BCUT2D eigenvalue weighted by molar-refractivity contribution is 4.76. The molecular formula is C11H23NO2. The van der Waals surface area contributed by atoms with Crippen molar-refractivity contribution < 1.29 is 10.2 Å². The van der Waals surface area contributed by atoms with Crippen LogP contribution in [0, 0.1) is 0 Å². The highest BCUT2D eigenvalue weighted by atomic mass is 16.3. The van der Waals surface area contributed by atoms with Gasteiger partial charge in [-0.1, -0.05) is 12.8 Å². The molecule has 1 fully saturated rings. The molecule has 0 bridgehead atoms. The van der Waals surface area contributed by atoms with Gasteiger partial charge in [0.1, 0.15) is 0 Å². The maximum absolute atomic E-state index is 9.39. The third-order valence-electron chi connectivity index (χ3n) is 3.00. The third-order valence-corrected chi connectivity index (χ3v) is 3.00. The van der Waals surface area contributed by atoms with Crippen LogP contribution in [0.2, 0.25) is 0 Å². The second-order valence-electron chi connectivity index (χ2n) is 4.35. The van der Waals surface area contributed by atoms with Crippen molar-refractivity contribution in [1.29, 1.82) is 0 Å². The van der Waals surface area contributed by atoms with E-state index >= 15 is 0 Å². The predicted octanol–water partition coefficient (Wildman–Crippen LogP) is 0.994. The topological polar surface area (TPSA) is 43.7 Å². The standard InChI is InChI=1S/C11H23NO2/c1-10(14)9-11-5-3-2-4-6-12(11)7-8-13/h10-11,13-14H,2-9H2,1H3. The van der Waals surface area contributed by atoms with Gasteiger partial charge in [-0.25, -0.2) is 0 Å². The molecule has 2 N–H and O–H groups in total. The molecule has 84 valence electrons. The summed E-state index contributed by atoms with van der Waals surface area (Å²) in [5, 5.41) is 18.4. The van der Waals surface area contributed by atoms with Crippen LogP contribution >= 0.6 is 0 Å². The molecule has 1 aliphatic rings. The van der Waals surface area contributed by atoms with Crippen LogP contribution in [0.5, 0.6) is 0 Å². The number of hydrogen-bond acceptors (Lipinski definition) is 3. The van der Waals surface area contributed by atoms with E-state index < -0.39 is 0 Å². The number of aliphatic hydroxyl groups excluding tert-OH is 2. The zero-order valence-corrected chi connectivity index (χ0v) is 9.15. The molecule has 3 nitrogen and oxygen atoms in total. The van der Waals surface area contributed by atoms with Gasteiger partial charge in [0.05, 0.1) is 12.7 Å². The van der Waals surface area contributed by atoms with E-state index in [0.29, 0.717) is 6.04 Å². The Balaban J connectivity index is 2.45. The van der Waals surface area contributed by atoms with Gasteiger partial charge in [-0.3, -0.25) is 4.90 Å². The fourth-order valence-corrected chi connectivity index (χ4v) is 2.32. The Morgan fingerprint density at radius 1 is 1.36 bits per heavy atom. The molecule has 14 heavy (non-hydrogen) atoms. The first kappa shape index (κ1) is 12.0. The molecule has 1 saturated heterocycles. The Bertz CT molecular complexity index is 150. The zero-order chi connectivity index (χ0) is 10.4. The first-order valence-electron chi connectivity index (χ1n) is 5.77. The number of likely N-dealkylation sites (tertiary alicyclic amines) is 1. The Morgan fingerprint density at radius 3 is 2.79 bits per heavy atom. The summed E-state index contributed by atoms with van der Waals surface area (Å²) >= 11 is 0. The van der Waals surface area contributed by atoms with E-state index in [2.05, 4.69) is 4.90 Å². The van der Waals surface area contributed by atoms with Gasteiger partial charge in [-0.05, 0) is 32.7 Å². The van der Waals surface area contributed by atoms with Crippen LogP contribution in [0.4, 0.5) is 0 Å². The molecule has 0 aromatic carbocycles. The molecule has 0 saturated carbocycles. The van der Waals surface area contributed by atoms with Crippen molar-refractivity contribution in [2.45, 2.75) is 51.2 Å². The summed E-state index contributed by atoms with van der Waals surface area (Å²) in [5.74, 6) is 0. The van der Waals surface area contributed by atoms with Crippen LogP contribution in [0.3, 0.4) is 0 Å². The van der Waals surface area contributed by atoms with Crippen LogP contribution in [0.25, 0.3) is 0 Å². The average molecular weight is 201 g/mol. The SMILES string of the molecule is CC(O)CC1CCCCCN1CCO. The van der Waals surface area contributed by atoms with Crippen LogP contribution in [-0.4, -0.2) is 47.0 Å². The molecule has 0 aliphatic carbocycles. The highest BCUT2D eigenvalue weighted by Crippen LogP contribution is 2.19. The molecule has 0 amide bonds. The largest absolute Gasteiger partial charge is 0.395 e. The smallest absolute Gasteiger partial charge is 0.0558 e. The lowest BCUT2D eigenvalue weighted by atomic mass is 10.0. The third kappa shape index (κ3) is 3.95. The van der Waals surface area contributed by atoms with E-state index in [1.807, 2.05) is 6.92 Å². The summed E-state index contributed by atoms with van der Waals surface area (Å²) in [6.45, 7) is 3.92. The fraction of sp³-hybridized carbons (Fsp3) is 1.00. The quantitative estimate of drug-likeness (QED) is 0.713. The van der Waals surface area contributed by atoms with E-state index in [9.17, 15) is 5.11 Å². The average Bonchev–Trinajstić information content (AvgIpc) is 2.32. The molecule has 1 rings (SSSR count). The van der Waals surface area contributed by atoms with E-state index in [1.165, 1.54) is 25.7 Å². The van der Waals surface area contributed by atoms with E-state index in [1.54, 1.807) is 0 Å². The van der Waals surface area contributed by atoms with Gasteiger partial charge in [0.2, 0.25) is 0 Å². The summed E-state index contributed by atoms with van der Waals surface area (Å²) < 4.78 is 0. The van der Waals surface area contributed by atoms with Gasteiger partial charge in [-0.15, -0.1) is 0 Å². The van der Waals surface area contributed by atoms with Crippen molar-refractivity contribution in [2.75, 3.05) is 19.7 Å². The van der Waals surface area contributed by atoms with Gasteiger partial charge in [0, 0.05) is 12.6 Å².